The van der Waals surface area contributed by atoms with E-state index < -0.39 is 5.82 Å². The molecular formula is C12H13ClFN3S. The van der Waals surface area contributed by atoms with Crippen molar-refractivity contribution >= 4 is 29.2 Å². The molecule has 2 N–H and O–H groups in total. The van der Waals surface area contributed by atoms with E-state index in [1.807, 2.05) is 0 Å². The lowest BCUT2D eigenvalue weighted by Crippen LogP contribution is -2.02. The Bertz CT molecular complexity index is 556. The van der Waals surface area contributed by atoms with E-state index in [4.69, 9.17) is 17.3 Å². The lowest BCUT2D eigenvalue weighted by molar-refractivity contribution is 0.626. The third-order valence-corrected chi connectivity index (χ3v) is 3.92. The van der Waals surface area contributed by atoms with Crippen molar-refractivity contribution in [3.05, 3.63) is 35.2 Å². The summed E-state index contributed by atoms with van der Waals surface area (Å²) in [5.74, 6) is 1.02. The number of nitrogens with two attached hydrogens (primary N) is 1. The minimum absolute atomic E-state index is 0.0880. The predicted molar refractivity (Wildman–Crippen MR) is 74.0 cm³/mol. The van der Waals surface area contributed by atoms with Crippen LogP contribution in [0.3, 0.4) is 0 Å². The van der Waals surface area contributed by atoms with Gasteiger partial charge >= 0.3 is 0 Å². The van der Waals surface area contributed by atoms with Gasteiger partial charge in [-0.2, -0.15) is 5.10 Å². The molecule has 0 aliphatic rings. The van der Waals surface area contributed by atoms with E-state index >= 15 is 0 Å². The van der Waals surface area contributed by atoms with Crippen LogP contribution in [0, 0.1) is 5.82 Å². The first-order valence-corrected chi connectivity index (χ1v) is 6.91. The maximum atomic E-state index is 13.4. The second-order valence-corrected chi connectivity index (χ2v) is 5.30. The van der Waals surface area contributed by atoms with Crippen molar-refractivity contribution in [2.75, 3.05) is 11.5 Å². The number of rotatable bonds is 4. The second-order valence-electron chi connectivity index (χ2n) is 3.75. The third kappa shape index (κ3) is 2.62. The number of halogens is 2. The van der Waals surface area contributed by atoms with Crippen LogP contribution < -0.4 is 5.73 Å². The highest BCUT2D eigenvalue weighted by Crippen LogP contribution is 2.28. The van der Waals surface area contributed by atoms with Gasteiger partial charge in [0.2, 0.25) is 0 Å². The van der Waals surface area contributed by atoms with Crippen LogP contribution in [0.1, 0.15) is 13.3 Å². The maximum Gasteiger partial charge on any atom is 0.143 e. The van der Waals surface area contributed by atoms with Crippen LogP contribution in [-0.4, -0.2) is 15.5 Å². The summed E-state index contributed by atoms with van der Waals surface area (Å²) in [6, 6.07) is 4.50. The molecule has 18 heavy (non-hydrogen) atoms. The van der Waals surface area contributed by atoms with Gasteiger partial charge in [-0.3, -0.25) is 0 Å². The summed E-state index contributed by atoms with van der Waals surface area (Å²) in [5.41, 5.74) is 6.56. The number of aromatic nitrogens is 2. The largest absolute Gasteiger partial charge is 0.383 e. The summed E-state index contributed by atoms with van der Waals surface area (Å²) in [4.78, 5) is 0.909. The first-order valence-electron chi connectivity index (χ1n) is 5.55. The van der Waals surface area contributed by atoms with Crippen molar-refractivity contribution in [3.8, 4) is 5.69 Å². The van der Waals surface area contributed by atoms with E-state index in [1.54, 1.807) is 24.0 Å². The monoisotopic (exact) mass is 285 g/mol. The highest BCUT2D eigenvalue weighted by atomic mass is 35.5. The van der Waals surface area contributed by atoms with Crippen molar-refractivity contribution in [3.63, 3.8) is 0 Å². The van der Waals surface area contributed by atoms with E-state index in [0.717, 1.165) is 17.1 Å². The maximum absolute atomic E-state index is 13.4. The molecule has 2 rings (SSSR count). The molecule has 0 radical (unpaired) electrons. The normalized spacial score (nSPS) is 10.8. The Kier molecular flexibility index (Phi) is 4.14. The summed E-state index contributed by atoms with van der Waals surface area (Å²) in [6.07, 6.45) is 2.76. The van der Waals surface area contributed by atoms with Gasteiger partial charge in [-0.1, -0.05) is 18.5 Å². The van der Waals surface area contributed by atoms with E-state index in [9.17, 15) is 4.39 Å². The van der Waals surface area contributed by atoms with Crippen LogP contribution in [0.4, 0.5) is 10.2 Å². The summed E-state index contributed by atoms with van der Waals surface area (Å²) >= 11 is 7.28. The van der Waals surface area contributed by atoms with Gasteiger partial charge in [0.15, 0.2) is 0 Å². The number of anilines is 1. The van der Waals surface area contributed by atoms with Crippen LogP contribution in [0.5, 0.6) is 0 Å². The third-order valence-electron chi connectivity index (χ3n) is 2.38. The zero-order valence-corrected chi connectivity index (χ0v) is 11.4. The summed E-state index contributed by atoms with van der Waals surface area (Å²) in [7, 11) is 0. The molecule has 0 atom stereocenters. The molecule has 0 saturated carbocycles. The fraction of sp³-hybridized carbons (Fsp3) is 0.250. The molecule has 96 valence electrons. The van der Waals surface area contributed by atoms with Crippen LogP contribution >= 0.6 is 23.4 Å². The van der Waals surface area contributed by atoms with Gasteiger partial charge in [0.25, 0.3) is 0 Å². The van der Waals surface area contributed by atoms with Crippen LogP contribution in [0.25, 0.3) is 5.69 Å². The Hall–Kier alpha value is -1.20. The average molecular weight is 286 g/mol. The van der Waals surface area contributed by atoms with E-state index in [1.165, 1.54) is 16.8 Å². The van der Waals surface area contributed by atoms with E-state index in [-0.39, 0.29) is 5.02 Å². The minimum Gasteiger partial charge on any atom is -0.383 e. The zero-order valence-electron chi connectivity index (χ0n) is 9.86. The summed E-state index contributed by atoms with van der Waals surface area (Å²) in [5, 5.41) is 4.26. The molecule has 0 amide bonds. The lowest BCUT2D eigenvalue weighted by Gasteiger charge is -2.05. The Morgan fingerprint density at radius 3 is 2.94 bits per heavy atom. The fourth-order valence-corrected chi connectivity index (χ4v) is 2.39. The van der Waals surface area contributed by atoms with Gasteiger partial charge in [0.1, 0.15) is 11.6 Å². The smallest absolute Gasteiger partial charge is 0.143 e. The van der Waals surface area contributed by atoms with Crippen LogP contribution in [0.15, 0.2) is 29.3 Å². The van der Waals surface area contributed by atoms with E-state index in [2.05, 4.69) is 12.0 Å². The van der Waals surface area contributed by atoms with Crippen molar-refractivity contribution in [1.29, 1.82) is 0 Å². The van der Waals surface area contributed by atoms with Crippen LogP contribution in [-0.2, 0) is 0 Å². The molecule has 1 aromatic carbocycles. The molecule has 3 nitrogen and oxygen atoms in total. The topological polar surface area (TPSA) is 43.8 Å². The highest BCUT2D eigenvalue weighted by Gasteiger charge is 2.10. The molecule has 1 heterocycles. The molecule has 0 aliphatic carbocycles. The predicted octanol–water partition coefficient (Wildman–Crippen LogP) is 3.75. The number of thioether (sulfide) groups is 1. The van der Waals surface area contributed by atoms with Crippen LogP contribution in [0.2, 0.25) is 5.02 Å². The quantitative estimate of drug-likeness (QED) is 0.870. The van der Waals surface area contributed by atoms with Gasteiger partial charge in [0.05, 0.1) is 21.8 Å². The Labute approximate surface area is 114 Å². The standard InChI is InChI=1S/C12H13ClFN3S/c1-2-5-18-11-7-16-17(12(11)15)8-3-4-9(13)10(14)6-8/h3-4,6-7H,2,5,15H2,1H3. The number of nitrogens with zero attached hydrogens (tertiary/aromatic N) is 2. The second kappa shape index (κ2) is 5.63. The first kappa shape index (κ1) is 13.2. The summed E-state index contributed by atoms with van der Waals surface area (Å²) in [6.45, 7) is 2.10. The molecule has 0 bridgehead atoms. The zero-order chi connectivity index (χ0) is 13.1. The van der Waals surface area contributed by atoms with Crippen molar-refractivity contribution in [2.24, 2.45) is 0 Å². The number of benzene rings is 1. The lowest BCUT2D eigenvalue weighted by atomic mass is 10.3. The molecule has 1 aromatic heterocycles. The van der Waals surface area contributed by atoms with Gasteiger partial charge in [0, 0.05) is 6.07 Å². The Morgan fingerprint density at radius 2 is 2.28 bits per heavy atom. The number of hydrogen-bond acceptors (Lipinski definition) is 3. The Balaban J connectivity index is 2.33. The van der Waals surface area contributed by atoms with Crippen molar-refractivity contribution in [2.45, 2.75) is 18.2 Å². The molecule has 6 heteroatoms. The highest BCUT2D eigenvalue weighted by molar-refractivity contribution is 7.99. The van der Waals surface area contributed by atoms with E-state index in [0.29, 0.717) is 11.5 Å². The molecular weight excluding hydrogens is 273 g/mol. The molecule has 0 saturated heterocycles. The molecule has 0 fully saturated rings. The summed E-state index contributed by atoms with van der Waals surface area (Å²) < 4.78 is 14.9. The molecule has 2 aromatic rings. The van der Waals surface area contributed by atoms with Gasteiger partial charge in [-0.05, 0) is 24.3 Å². The van der Waals surface area contributed by atoms with Gasteiger partial charge < -0.3 is 5.73 Å². The van der Waals surface area contributed by atoms with Crippen molar-refractivity contribution in [1.82, 2.24) is 9.78 Å². The average Bonchev–Trinajstić information content (AvgIpc) is 2.72. The van der Waals surface area contributed by atoms with Crippen molar-refractivity contribution < 1.29 is 4.39 Å². The van der Waals surface area contributed by atoms with Gasteiger partial charge in [-0.15, -0.1) is 11.8 Å². The molecule has 0 spiro atoms. The fourth-order valence-electron chi connectivity index (χ4n) is 1.49. The first-order chi connectivity index (χ1) is 8.63. The number of hydrogen-bond donors (Lipinski definition) is 1. The SMILES string of the molecule is CCCSc1cnn(-c2ccc(Cl)c(F)c2)c1N. The molecule has 0 unspecified atom stereocenters. The number of nitrogen functional groups attached to an aromatic ring is 1. The minimum atomic E-state index is -0.480. The Morgan fingerprint density at radius 1 is 1.50 bits per heavy atom. The molecule has 0 aliphatic heterocycles. The van der Waals surface area contributed by atoms with Gasteiger partial charge in [-0.25, -0.2) is 9.07 Å².